The third-order valence-electron chi connectivity index (χ3n) is 3.64. The second kappa shape index (κ2) is 8.78. The van der Waals surface area contributed by atoms with Crippen molar-refractivity contribution in [1.29, 1.82) is 0 Å². The molecule has 0 aliphatic rings. The van der Waals surface area contributed by atoms with Crippen molar-refractivity contribution in [3.63, 3.8) is 0 Å². The van der Waals surface area contributed by atoms with Gasteiger partial charge in [0.2, 0.25) is 5.95 Å². The number of aldehydes is 1. The van der Waals surface area contributed by atoms with Gasteiger partial charge in [-0.3, -0.25) is 14.6 Å². The first-order chi connectivity index (χ1) is 13.2. The molecular formula is C21H16ClN3O2. The number of carbonyl (C=O) groups excluding carboxylic acids is 1. The molecule has 0 fully saturated rings. The van der Waals surface area contributed by atoms with Gasteiger partial charge in [0, 0.05) is 16.3 Å². The Kier molecular flexibility index (Phi) is 5.97. The molecule has 0 bridgehead atoms. The molecule has 0 atom stereocenters. The van der Waals surface area contributed by atoms with Gasteiger partial charge in [-0.15, -0.1) is 0 Å². The lowest BCUT2D eigenvalue weighted by Gasteiger charge is -2.06. The normalized spacial score (nSPS) is 9.96. The van der Waals surface area contributed by atoms with E-state index in [9.17, 15) is 9.59 Å². The monoisotopic (exact) mass is 377 g/mol. The Morgan fingerprint density at radius 3 is 2.15 bits per heavy atom. The van der Waals surface area contributed by atoms with E-state index in [2.05, 4.69) is 15.3 Å². The number of H-pyrrole nitrogens is 1. The van der Waals surface area contributed by atoms with E-state index in [0.717, 1.165) is 12.0 Å². The van der Waals surface area contributed by atoms with Crippen LogP contribution in [-0.4, -0.2) is 16.3 Å². The fraction of sp³-hybridized carbons (Fsp3) is 0. The van der Waals surface area contributed by atoms with Crippen LogP contribution >= 0.6 is 11.6 Å². The van der Waals surface area contributed by atoms with Gasteiger partial charge in [-0.1, -0.05) is 48.0 Å². The maximum absolute atomic E-state index is 12.0. The zero-order valence-corrected chi connectivity index (χ0v) is 15.0. The summed E-state index contributed by atoms with van der Waals surface area (Å²) in [5.41, 5.74) is 1.58. The van der Waals surface area contributed by atoms with Crippen LogP contribution in [0.3, 0.4) is 0 Å². The fourth-order valence-corrected chi connectivity index (χ4v) is 2.51. The largest absolute Gasteiger partial charge is 0.326 e. The lowest BCUT2D eigenvalue weighted by molar-refractivity contribution is 0.112. The van der Waals surface area contributed by atoms with Gasteiger partial charge < -0.3 is 5.32 Å². The molecule has 0 spiro atoms. The van der Waals surface area contributed by atoms with Gasteiger partial charge in [-0.05, 0) is 42.5 Å². The Labute approximate surface area is 160 Å². The predicted molar refractivity (Wildman–Crippen MR) is 109 cm³/mol. The fourth-order valence-electron chi connectivity index (χ4n) is 2.34. The van der Waals surface area contributed by atoms with Crippen LogP contribution in [-0.2, 0) is 0 Å². The predicted octanol–water partition coefficient (Wildman–Crippen LogP) is 4.82. The molecule has 1 heterocycles. The number of fused-ring (bicyclic) bond motifs is 1. The van der Waals surface area contributed by atoms with Gasteiger partial charge in [-0.25, -0.2) is 4.98 Å². The summed E-state index contributed by atoms with van der Waals surface area (Å²) in [5, 5.41) is 3.91. The van der Waals surface area contributed by atoms with Crippen LogP contribution in [0.4, 0.5) is 11.6 Å². The third kappa shape index (κ3) is 5.03. The van der Waals surface area contributed by atoms with Crippen molar-refractivity contribution in [2.24, 2.45) is 0 Å². The summed E-state index contributed by atoms with van der Waals surface area (Å²) in [5.74, 6) is 0.327. The summed E-state index contributed by atoms with van der Waals surface area (Å²) in [6, 6.07) is 23.8. The molecule has 27 heavy (non-hydrogen) atoms. The number of benzene rings is 3. The minimum atomic E-state index is -0.269. The summed E-state index contributed by atoms with van der Waals surface area (Å²) in [6.07, 6.45) is 0.768. The lowest BCUT2D eigenvalue weighted by Crippen LogP contribution is -2.11. The van der Waals surface area contributed by atoms with Gasteiger partial charge in [0.25, 0.3) is 5.56 Å². The van der Waals surface area contributed by atoms with Gasteiger partial charge in [0.05, 0.1) is 10.9 Å². The number of aromatic nitrogens is 2. The Hall–Kier alpha value is -3.44. The minimum Gasteiger partial charge on any atom is -0.326 e. The number of anilines is 2. The first kappa shape index (κ1) is 18.4. The summed E-state index contributed by atoms with van der Waals surface area (Å²) in [7, 11) is 0. The Morgan fingerprint density at radius 1 is 0.926 bits per heavy atom. The average Bonchev–Trinajstić information content (AvgIpc) is 2.71. The first-order valence-corrected chi connectivity index (χ1v) is 8.55. The van der Waals surface area contributed by atoms with Crippen LogP contribution in [0.15, 0.2) is 83.7 Å². The highest BCUT2D eigenvalue weighted by molar-refractivity contribution is 6.31. The van der Waals surface area contributed by atoms with E-state index >= 15 is 0 Å². The molecule has 0 aliphatic carbocycles. The van der Waals surface area contributed by atoms with Crippen LogP contribution in [0.2, 0.25) is 5.02 Å². The number of carbonyl (C=O) groups is 1. The summed E-state index contributed by atoms with van der Waals surface area (Å²) in [4.78, 5) is 29.6. The standard InChI is InChI=1S/C15H10ClN3O2.C6H6/c16-10-3-6-13-12(7-10)14(21)19-15(18-13)17-11-4-1-9(8-20)2-5-11;1-2-4-6-5-3-1/h1-8H,(H2,17,18,19,21);1-6H. The maximum Gasteiger partial charge on any atom is 0.260 e. The second-order valence-corrected chi connectivity index (χ2v) is 6.03. The van der Waals surface area contributed by atoms with Crippen molar-refractivity contribution in [2.45, 2.75) is 0 Å². The molecule has 0 radical (unpaired) electrons. The van der Waals surface area contributed by atoms with Crippen molar-refractivity contribution in [1.82, 2.24) is 9.97 Å². The van der Waals surface area contributed by atoms with Crippen molar-refractivity contribution < 1.29 is 4.79 Å². The van der Waals surface area contributed by atoms with Crippen LogP contribution in [0.5, 0.6) is 0 Å². The number of hydrogen-bond donors (Lipinski definition) is 2. The summed E-state index contributed by atoms with van der Waals surface area (Å²) in [6.45, 7) is 0. The summed E-state index contributed by atoms with van der Waals surface area (Å²) >= 11 is 5.86. The first-order valence-electron chi connectivity index (χ1n) is 8.17. The zero-order chi connectivity index (χ0) is 19.1. The Morgan fingerprint density at radius 2 is 1.56 bits per heavy atom. The van der Waals surface area contributed by atoms with Crippen molar-refractivity contribution in [3.8, 4) is 0 Å². The van der Waals surface area contributed by atoms with E-state index in [-0.39, 0.29) is 5.56 Å². The molecule has 4 aromatic rings. The van der Waals surface area contributed by atoms with Gasteiger partial charge in [-0.2, -0.15) is 0 Å². The molecule has 134 valence electrons. The van der Waals surface area contributed by atoms with Gasteiger partial charge in [0.15, 0.2) is 0 Å². The maximum atomic E-state index is 12.0. The van der Waals surface area contributed by atoms with E-state index in [4.69, 9.17) is 11.6 Å². The number of hydrogen-bond acceptors (Lipinski definition) is 4. The van der Waals surface area contributed by atoms with Crippen molar-refractivity contribution in [3.05, 3.63) is 99.8 Å². The molecule has 0 saturated heterocycles. The van der Waals surface area contributed by atoms with Gasteiger partial charge in [0.1, 0.15) is 6.29 Å². The van der Waals surface area contributed by atoms with Crippen molar-refractivity contribution >= 4 is 40.4 Å². The van der Waals surface area contributed by atoms with Gasteiger partial charge >= 0.3 is 0 Å². The Bertz CT molecular complexity index is 1070. The highest BCUT2D eigenvalue weighted by Gasteiger charge is 2.05. The van der Waals surface area contributed by atoms with Crippen molar-refractivity contribution in [2.75, 3.05) is 5.32 Å². The smallest absolute Gasteiger partial charge is 0.260 e. The van der Waals surface area contributed by atoms with E-state index in [1.165, 1.54) is 0 Å². The average molecular weight is 378 g/mol. The number of halogens is 1. The molecule has 1 aromatic heterocycles. The lowest BCUT2D eigenvalue weighted by atomic mass is 10.2. The molecule has 4 rings (SSSR count). The molecule has 0 aliphatic heterocycles. The number of aromatic amines is 1. The molecule has 5 nitrogen and oxygen atoms in total. The highest BCUT2D eigenvalue weighted by atomic mass is 35.5. The molecule has 2 N–H and O–H groups in total. The van der Waals surface area contributed by atoms with E-state index in [1.54, 1.807) is 42.5 Å². The van der Waals surface area contributed by atoms with E-state index < -0.39 is 0 Å². The number of nitrogens with one attached hydrogen (secondary N) is 2. The molecule has 0 unspecified atom stereocenters. The van der Waals surface area contributed by atoms with E-state index in [0.29, 0.717) is 27.4 Å². The second-order valence-electron chi connectivity index (χ2n) is 5.60. The third-order valence-corrected chi connectivity index (χ3v) is 3.88. The molecule has 0 amide bonds. The Balaban J connectivity index is 0.000000299. The number of rotatable bonds is 3. The van der Waals surface area contributed by atoms with E-state index in [1.807, 2.05) is 36.4 Å². The van der Waals surface area contributed by atoms with Crippen LogP contribution in [0.25, 0.3) is 10.9 Å². The zero-order valence-electron chi connectivity index (χ0n) is 14.2. The van der Waals surface area contributed by atoms with Crippen LogP contribution < -0.4 is 10.9 Å². The molecule has 6 heteroatoms. The topological polar surface area (TPSA) is 74.8 Å². The van der Waals surface area contributed by atoms with Crippen LogP contribution in [0, 0.1) is 0 Å². The minimum absolute atomic E-state index is 0.269. The SMILES string of the molecule is O=Cc1ccc(Nc2nc3ccc(Cl)cc3c(=O)[nH]2)cc1.c1ccccc1. The quantitative estimate of drug-likeness (QED) is 0.502. The number of nitrogens with zero attached hydrogens (tertiary/aromatic N) is 1. The highest BCUT2D eigenvalue weighted by Crippen LogP contribution is 2.17. The molecule has 0 saturated carbocycles. The molecule has 3 aromatic carbocycles. The summed E-state index contributed by atoms with van der Waals surface area (Å²) < 4.78 is 0. The van der Waals surface area contributed by atoms with Crippen LogP contribution in [0.1, 0.15) is 10.4 Å². The molecular weight excluding hydrogens is 362 g/mol.